The van der Waals surface area contributed by atoms with E-state index in [-0.39, 0.29) is 5.69 Å². The van der Waals surface area contributed by atoms with Gasteiger partial charge in [0.15, 0.2) is 0 Å². The summed E-state index contributed by atoms with van der Waals surface area (Å²) in [5.74, 6) is 0. The number of aromatic nitrogens is 6. The molecule has 0 saturated heterocycles. The first-order valence-electron chi connectivity index (χ1n) is 6.19. The van der Waals surface area contributed by atoms with Crippen molar-refractivity contribution in [1.29, 1.82) is 0 Å². The van der Waals surface area contributed by atoms with Gasteiger partial charge in [-0.1, -0.05) is 0 Å². The summed E-state index contributed by atoms with van der Waals surface area (Å²) in [7, 11) is 3.60. The van der Waals surface area contributed by atoms with Crippen LogP contribution in [0.2, 0.25) is 0 Å². The summed E-state index contributed by atoms with van der Waals surface area (Å²) < 4.78 is 3.30. The molecule has 100 valence electrons. The van der Waals surface area contributed by atoms with Gasteiger partial charge in [-0.15, -0.1) is 0 Å². The molecule has 0 unspecified atom stereocenters. The molecule has 7 heteroatoms. The molecule has 0 aliphatic carbocycles. The standard InChI is InChI=1S/C13H12N6O/c1-18-6-7(4-15-18)9-3-8-11-10(5-14-12(8)16-9)19(2)13(20)17-11/h3-6H,1-2H3,(H,14,16)(H,17,20). The molecule has 0 radical (unpaired) electrons. The monoisotopic (exact) mass is 268 g/mol. The van der Waals surface area contributed by atoms with Crippen LogP contribution >= 0.6 is 0 Å². The maximum Gasteiger partial charge on any atom is 0.326 e. The van der Waals surface area contributed by atoms with Crippen LogP contribution in [0.4, 0.5) is 0 Å². The Balaban J connectivity index is 2.06. The number of H-pyrrole nitrogens is 2. The summed E-state index contributed by atoms with van der Waals surface area (Å²) in [6.07, 6.45) is 5.41. The van der Waals surface area contributed by atoms with Crippen molar-refractivity contribution in [3.63, 3.8) is 0 Å². The maximum absolute atomic E-state index is 11.7. The minimum atomic E-state index is -0.140. The van der Waals surface area contributed by atoms with Gasteiger partial charge in [0.1, 0.15) is 5.65 Å². The number of aryl methyl sites for hydroxylation is 2. The van der Waals surface area contributed by atoms with Crippen molar-refractivity contribution < 1.29 is 0 Å². The second-order valence-electron chi connectivity index (χ2n) is 4.86. The van der Waals surface area contributed by atoms with Crippen LogP contribution in [0.25, 0.3) is 33.3 Å². The van der Waals surface area contributed by atoms with Crippen LogP contribution in [0.15, 0.2) is 29.5 Å². The van der Waals surface area contributed by atoms with Crippen LogP contribution in [-0.4, -0.2) is 29.3 Å². The fraction of sp³-hybridized carbons (Fsp3) is 0.154. The second kappa shape index (κ2) is 3.60. The quantitative estimate of drug-likeness (QED) is 0.543. The summed E-state index contributed by atoms with van der Waals surface area (Å²) in [5.41, 5.74) is 4.11. The maximum atomic E-state index is 11.7. The first kappa shape index (κ1) is 11.0. The molecule has 0 atom stereocenters. The third-order valence-corrected chi connectivity index (χ3v) is 3.55. The van der Waals surface area contributed by atoms with E-state index in [4.69, 9.17) is 0 Å². The molecule has 2 N–H and O–H groups in total. The van der Waals surface area contributed by atoms with Gasteiger partial charge < -0.3 is 9.97 Å². The molecule has 0 saturated carbocycles. The lowest BCUT2D eigenvalue weighted by atomic mass is 10.2. The molecule has 7 nitrogen and oxygen atoms in total. The van der Waals surface area contributed by atoms with E-state index in [0.29, 0.717) is 0 Å². The summed E-state index contributed by atoms with van der Waals surface area (Å²) in [4.78, 5) is 22.2. The van der Waals surface area contributed by atoms with Crippen LogP contribution in [0, 0.1) is 0 Å². The van der Waals surface area contributed by atoms with Crippen molar-refractivity contribution in [2.24, 2.45) is 14.1 Å². The van der Waals surface area contributed by atoms with Crippen LogP contribution in [0.3, 0.4) is 0 Å². The Kier molecular flexibility index (Phi) is 1.98. The highest BCUT2D eigenvalue weighted by molar-refractivity contribution is 6.02. The number of imidazole rings is 1. The number of rotatable bonds is 1. The van der Waals surface area contributed by atoms with E-state index in [1.54, 1.807) is 28.7 Å². The van der Waals surface area contributed by atoms with Gasteiger partial charge in [-0.3, -0.25) is 9.25 Å². The van der Waals surface area contributed by atoms with Gasteiger partial charge in [-0.2, -0.15) is 5.10 Å². The number of fused-ring (bicyclic) bond motifs is 3. The Hall–Kier alpha value is -2.83. The molecule has 0 aromatic carbocycles. The molecule has 0 amide bonds. The number of pyridine rings is 1. The topological polar surface area (TPSA) is 84.3 Å². The molecule has 4 aromatic rings. The molecular weight excluding hydrogens is 256 g/mol. The third kappa shape index (κ3) is 1.37. The first-order valence-corrected chi connectivity index (χ1v) is 6.19. The number of nitrogens with one attached hydrogen (secondary N) is 2. The Labute approximate surface area is 112 Å². The zero-order valence-corrected chi connectivity index (χ0v) is 11.0. The molecule has 20 heavy (non-hydrogen) atoms. The smallest absolute Gasteiger partial charge is 0.326 e. The third-order valence-electron chi connectivity index (χ3n) is 3.55. The summed E-state index contributed by atoms with van der Waals surface area (Å²) >= 11 is 0. The van der Waals surface area contributed by atoms with Gasteiger partial charge in [0.25, 0.3) is 0 Å². The molecule has 0 bridgehead atoms. The molecular formula is C13H12N6O. The van der Waals surface area contributed by atoms with Crippen molar-refractivity contribution in [2.75, 3.05) is 0 Å². The van der Waals surface area contributed by atoms with Gasteiger partial charge in [0.2, 0.25) is 0 Å². The Morgan fingerprint density at radius 3 is 2.80 bits per heavy atom. The highest BCUT2D eigenvalue weighted by atomic mass is 16.1. The Morgan fingerprint density at radius 2 is 2.05 bits per heavy atom. The average molecular weight is 268 g/mol. The lowest BCUT2D eigenvalue weighted by Gasteiger charge is -1.93. The lowest BCUT2D eigenvalue weighted by Crippen LogP contribution is -2.11. The van der Waals surface area contributed by atoms with E-state index in [2.05, 4.69) is 20.1 Å². The fourth-order valence-corrected chi connectivity index (χ4v) is 2.47. The molecule has 0 aliphatic heterocycles. The number of hydrogen-bond acceptors (Lipinski definition) is 3. The molecule has 0 aliphatic rings. The van der Waals surface area contributed by atoms with Crippen LogP contribution in [-0.2, 0) is 14.1 Å². The van der Waals surface area contributed by atoms with Crippen LogP contribution in [0.5, 0.6) is 0 Å². The normalized spacial score (nSPS) is 11.7. The molecule has 0 fully saturated rings. The van der Waals surface area contributed by atoms with Crippen molar-refractivity contribution in [1.82, 2.24) is 29.3 Å². The zero-order chi connectivity index (χ0) is 13.9. The highest BCUT2D eigenvalue weighted by Gasteiger charge is 2.12. The summed E-state index contributed by atoms with van der Waals surface area (Å²) in [6, 6.07) is 1.98. The van der Waals surface area contributed by atoms with E-state index in [0.717, 1.165) is 33.3 Å². The predicted octanol–water partition coefficient (Wildman–Crippen LogP) is 1.14. The van der Waals surface area contributed by atoms with E-state index in [1.807, 2.05) is 19.3 Å². The second-order valence-corrected chi connectivity index (χ2v) is 4.86. The van der Waals surface area contributed by atoms with Crippen LogP contribution in [0.1, 0.15) is 0 Å². The zero-order valence-electron chi connectivity index (χ0n) is 11.0. The van der Waals surface area contributed by atoms with Gasteiger partial charge in [-0.05, 0) is 6.07 Å². The minimum Gasteiger partial charge on any atom is -0.339 e. The largest absolute Gasteiger partial charge is 0.339 e. The van der Waals surface area contributed by atoms with Crippen molar-refractivity contribution >= 4 is 22.1 Å². The highest BCUT2D eigenvalue weighted by Crippen LogP contribution is 2.26. The minimum absolute atomic E-state index is 0.140. The number of nitrogens with zero attached hydrogens (tertiary/aromatic N) is 4. The van der Waals surface area contributed by atoms with Crippen molar-refractivity contribution in [3.8, 4) is 11.3 Å². The van der Waals surface area contributed by atoms with Gasteiger partial charge >= 0.3 is 5.69 Å². The lowest BCUT2D eigenvalue weighted by molar-refractivity contribution is 0.768. The SMILES string of the molecule is Cn1cc(-c2cc3c(ncc4c3[nH]c(=O)n4C)[nH]2)cn1. The van der Waals surface area contributed by atoms with E-state index < -0.39 is 0 Å². The van der Waals surface area contributed by atoms with Crippen molar-refractivity contribution in [2.45, 2.75) is 0 Å². The Morgan fingerprint density at radius 1 is 1.20 bits per heavy atom. The van der Waals surface area contributed by atoms with Gasteiger partial charge in [-0.25, -0.2) is 9.78 Å². The van der Waals surface area contributed by atoms with Gasteiger partial charge in [0.05, 0.1) is 29.1 Å². The van der Waals surface area contributed by atoms with E-state index >= 15 is 0 Å². The number of hydrogen-bond donors (Lipinski definition) is 2. The van der Waals surface area contributed by atoms with E-state index in [1.165, 1.54) is 0 Å². The molecule has 4 rings (SSSR count). The molecule has 0 spiro atoms. The molecule has 4 aromatic heterocycles. The fourth-order valence-electron chi connectivity index (χ4n) is 2.47. The number of aromatic amines is 2. The Bertz CT molecular complexity index is 999. The van der Waals surface area contributed by atoms with Crippen molar-refractivity contribution in [3.05, 3.63) is 35.1 Å². The van der Waals surface area contributed by atoms with Gasteiger partial charge in [0, 0.05) is 31.2 Å². The summed E-state index contributed by atoms with van der Waals surface area (Å²) in [5, 5.41) is 5.06. The predicted molar refractivity (Wildman–Crippen MR) is 75.4 cm³/mol. The average Bonchev–Trinajstić information content (AvgIpc) is 3.09. The first-order chi connectivity index (χ1) is 9.63. The molecule has 4 heterocycles. The van der Waals surface area contributed by atoms with E-state index in [9.17, 15) is 4.79 Å². The summed E-state index contributed by atoms with van der Waals surface area (Å²) in [6.45, 7) is 0. The van der Waals surface area contributed by atoms with Crippen LogP contribution < -0.4 is 5.69 Å².